The molecule has 1 rings (SSSR count). The van der Waals surface area contributed by atoms with Crippen molar-refractivity contribution in [2.45, 2.75) is 70.1 Å². The summed E-state index contributed by atoms with van der Waals surface area (Å²) in [6, 6.07) is -3.54. The largest absolute Gasteiger partial charge is 0.480 e. The van der Waals surface area contributed by atoms with Crippen LogP contribution >= 0.6 is 11.8 Å². The number of thioether (sulfide) groups is 1. The lowest BCUT2D eigenvalue weighted by molar-refractivity contribution is -0.144. The number of likely N-dealkylation sites (tertiary alicyclic amines) is 1. The Hall–Kier alpha value is -2.54. The van der Waals surface area contributed by atoms with Crippen LogP contribution in [-0.2, 0) is 19.2 Å². The highest BCUT2D eigenvalue weighted by molar-refractivity contribution is 7.98. The van der Waals surface area contributed by atoms with Crippen molar-refractivity contribution in [3.63, 3.8) is 0 Å². The molecule has 0 bridgehead atoms. The number of carbonyl (C=O) groups is 4. The average molecular weight is 502 g/mol. The summed E-state index contributed by atoms with van der Waals surface area (Å²) < 4.78 is 0. The van der Waals surface area contributed by atoms with Gasteiger partial charge in [0.25, 0.3) is 0 Å². The number of amides is 3. The molecule has 9 N–H and O–H groups in total. The number of hydrogen-bond donors (Lipinski definition) is 6. The van der Waals surface area contributed by atoms with Crippen LogP contribution in [0.15, 0.2) is 4.99 Å². The van der Waals surface area contributed by atoms with Crippen LogP contribution in [0.25, 0.3) is 0 Å². The Bertz CT molecular complexity index is 745. The van der Waals surface area contributed by atoms with Crippen LogP contribution in [0, 0.1) is 5.92 Å². The molecule has 13 heteroatoms. The molecule has 0 aromatic rings. The van der Waals surface area contributed by atoms with Gasteiger partial charge in [0.05, 0.1) is 6.04 Å². The number of nitrogens with two attached hydrogens (primary N) is 3. The van der Waals surface area contributed by atoms with Crippen LogP contribution in [-0.4, -0.2) is 88.9 Å². The van der Waals surface area contributed by atoms with E-state index in [2.05, 4.69) is 15.6 Å². The zero-order valence-electron chi connectivity index (χ0n) is 20.2. The zero-order valence-corrected chi connectivity index (χ0v) is 21.0. The Morgan fingerprint density at radius 1 is 1.18 bits per heavy atom. The molecular formula is C21H39N7O5S. The highest BCUT2D eigenvalue weighted by atomic mass is 32.2. The molecule has 0 spiro atoms. The Balaban J connectivity index is 2.93. The number of nitrogens with zero attached hydrogens (tertiary/aromatic N) is 2. The first-order valence-electron chi connectivity index (χ1n) is 11.4. The molecule has 0 aromatic carbocycles. The van der Waals surface area contributed by atoms with E-state index in [1.54, 1.807) is 25.6 Å². The van der Waals surface area contributed by atoms with Gasteiger partial charge >= 0.3 is 5.97 Å². The third-order valence-corrected chi connectivity index (χ3v) is 6.24. The van der Waals surface area contributed by atoms with E-state index in [4.69, 9.17) is 17.2 Å². The molecule has 1 saturated heterocycles. The average Bonchev–Trinajstić information content (AvgIpc) is 3.26. The van der Waals surface area contributed by atoms with Crippen molar-refractivity contribution >= 4 is 41.4 Å². The van der Waals surface area contributed by atoms with Crippen molar-refractivity contribution in [2.75, 3.05) is 25.1 Å². The van der Waals surface area contributed by atoms with Crippen molar-refractivity contribution in [3.8, 4) is 0 Å². The Morgan fingerprint density at radius 2 is 1.85 bits per heavy atom. The monoisotopic (exact) mass is 501 g/mol. The number of hydrogen-bond acceptors (Lipinski definition) is 7. The van der Waals surface area contributed by atoms with E-state index in [0.717, 1.165) is 5.75 Å². The van der Waals surface area contributed by atoms with Gasteiger partial charge in [-0.05, 0) is 50.0 Å². The number of nitrogens with one attached hydrogen (secondary N) is 2. The molecule has 12 nitrogen and oxygen atoms in total. The van der Waals surface area contributed by atoms with Crippen molar-refractivity contribution in [1.29, 1.82) is 0 Å². The first kappa shape index (κ1) is 29.5. The van der Waals surface area contributed by atoms with Gasteiger partial charge in [-0.15, -0.1) is 0 Å². The second-order valence-electron chi connectivity index (χ2n) is 8.66. The molecule has 3 amide bonds. The molecule has 0 aromatic heterocycles. The van der Waals surface area contributed by atoms with E-state index >= 15 is 0 Å². The number of carboxylic acid groups (broad SMARTS) is 1. The minimum atomic E-state index is -1.17. The third-order valence-electron chi connectivity index (χ3n) is 5.60. The maximum atomic E-state index is 13.1. The van der Waals surface area contributed by atoms with Gasteiger partial charge in [0.15, 0.2) is 5.96 Å². The summed E-state index contributed by atoms with van der Waals surface area (Å²) in [5.41, 5.74) is 16.7. The second-order valence-corrected chi connectivity index (χ2v) is 9.64. The molecule has 34 heavy (non-hydrogen) atoms. The lowest BCUT2D eigenvalue weighted by Crippen LogP contribution is -2.57. The molecule has 194 valence electrons. The summed E-state index contributed by atoms with van der Waals surface area (Å²) in [5, 5.41) is 14.6. The first-order valence-corrected chi connectivity index (χ1v) is 12.8. The molecule has 0 saturated carbocycles. The highest BCUT2D eigenvalue weighted by Gasteiger charge is 2.37. The highest BCUT2D eigenvalue weighted by Crippen LogP contribution is 2.20. The number of aliphatic imine (C=N–C) groups is 1. The Labute approximate surface area is 204 Å². The normalized spacial score (nSPS) is 18.1. The van der Waals surface area contributed by atoms with Gasteiger partial charge in [-0.1, -0.05) is 13.8 Å². The van der Waals surface area contributed by atoms with Crippen LogP contribution in [0.3, 0.4) is 0 Å². The summed E-state index contributed by atoms with van der Waals surface area (Å²) in [7, 11) is 0. The predicted molar refractivity (Wildman–Crippen MR) is 132 cm³/mol. The van der Waals surface area contributed by atoms with Gasteiger partial charge in [0, 0.05) is 13.1 Å². The topological polar surface area (TPSA) is 206 Å². The lowest BCUT2D eigenvalue weighted by Gasteiger charge is -2.29. The SMILES string of the molecule is CSCCC(N)C(=O)N1CCCC1C(=O)NC(CCCN=C(N)N)C(=O)NC(C(=O)O)C(C)C. The molecule has 0 aliphatic carbocycles. The van der Waals surface area contributed by atoms with Gasteiger partial charge in [0.1, 0.15) is 18.1 Å². The van der Waals surface area contributed by atoms with Crippen LogP contribution in [0.1, 0.15) is 46.0 Å². The van der Waals surface area contributed by atoms with Crippen molar-refractivity contribution in [3.05, 3.63) is 0 Å². The minimum Gasteiger partial charge on any atom is -0.480 e. The van der Waals surface area contributed by atoms with E-state index in [-0.39, 0.29) is 30.8 Å². The Kier molecular flexibility index (Phi) is 12.7. The molecule has 1 aliphatic rings. The number of guanidine groups is 1. The smallest absolute Gasteiger partial charge is 0.326 e. The molecule has 1 aliphatic heterocycles. The fourth-order valence-corrected chi connectivity index (χ4v) is 4.18. The van der Waals surface area contributed by atoms with Gasteiger partial charge in [-0.2, -0.15) is 11.8 Å². The number of carbonyl (C=O) groups excluding carboxylic acids is 3. The number of carboxylic acids is 1. The number of rotatable bonds is 14. The molecule has 1 heterocycles. The molecule has 0 radical (unpaired) electrons. The molecule has 4 unspecified atom stereocenters. The fourth-order valence-electron chi connectivity index (χ4n) is 3.69. The summed E-state index contributed by atoms with van der Waals surface area (Å²) >= 11 is 1.59. The van der Waals surface area contributed by atoms with E-state index in [9.17, 15) is 24.3 Å². The lowest BCUT2D eigenvalue weighted by atomic mass is 10.0. The summed E-state index contributed by atoms with van der Waals surface area (Å²) in [6.07, 6.45) is 4.10. The second kappa shape index (κ2) is 14.7. The van der Waals surface area contributed by atoms with Crippen LogP contribution in [0.2, 0.25) is 0 Å². The van der Waals surface area contributed by atoms with E-state index in [1.807, 2.05) is 6.26 Å². The van der Waals surface area contributed by atoms with Crippen molar-refractivity contribution < 1.29 is 24.3 Å². The molecular weight excluding hydrogens is 462 g/mol. The predicted octanol–water partition coefficient (Wildman–Crippen LogP) is -1.18. The van der Waals surface area contributed by atoms with Crippen molar-refractivity contribution in [2.24, 2.45) is 28.1 Å². The van der Waals surface area contributed by atoms with Crippen molar-refractivity contribution in [1.82, 2.24) is 15.5 Å². The maximum absolute atomic E-state index is 13.1. The standard InChI is InChI=1S/C21H39N7O5S/c1-12(2)16(20(32)33)27-17(29)14(6-4-9-25-21(23)24)26-18(30)15-7-5-10-28(15)19(31)13(22)8-11-34-3/h12-16H,4-11,22H2,1-3H3,(H,26,30)(H,27,29)(H,32,33)(H4,23,24,25). The number of aliphatic carboxylic acids is 1. The third kappa shape index (κ3) is 9.37. The van der Waals surface area contributed by atoms with Gasteiger partial charge in [0.2, 0.25) is 17.7 Å². The maximum Gasteiger partial charge on any atom is 0.326 e. The fraction of sp³-hybridized carbons (Fsp3) is 0.762. The first-order chi connectivity index (χ1) is 16.0. The quantitative estimate of drug-likeness (QED) is 0.0960. The van der Waals surface area contributed by atoms with Gasteiger partial charge in [-0.3, -0.25) is 19.4 Å². The van der Waals surface area contributed by atoms with Gasteiger partial charge in [-0.25, -0.2) is 4.79 Å². The van der Waals surface area contributed by atoms with E-state index in [0.29, 0.717) is 32.2 Å². The zero-order chi connectivity index (χ0) is 25.8. The molecule has 4 atom stereocenters. The van der Waals surface area contributed by atoms with Crippen LogP contribution in [0.5, 0.6) is 0 Å². The summed E-state index contributed by atoms with van der Waals surface area (Å²) in [4.78, 5) is 55.6. The summed E-state index contributed by atoms with van der Waals surface area (Å²) in [5.74, 6) is -2.25. The van der Waals surface area contributed by atoms with Crippen LogP contribution in [0.4, 0.5) is 0 Å². The minimum absolute atomic E-state index is 0.0892. The summed E-state index contributed by atoms with van der Waals surface area (Å²) in [6.45, 7) is 4.01. The van der Waals surface area contributed by atoms with Gasteiger partial charge < -0.3 is 37.8 Å². The van der Waals surface area contributed by atoms with E-state index < -0.39 is 42.0 Å². The van der Waals surface area contributed by atoms with E-state index in [1.165, 1.54) is 4.90 Å². The Morgan fingerprint density at radius 3 is 2.41 bits per heavy atom. The molecule has 1 fully saturated rings. The van der Waals surface area contributed by atoms with Crippen LogP contribution < -0.4 is 27.8 Å².